The minimum absolute atomic E-state index is 0.829. The first kappa shape index (κ1) is 14.9. The molecule has 3 aromatic heterocycles. The third kappa shape index (κ3) is 1.85. The summed E-state index contributed by atoms with van der Waals surface area (Å²) < 4.78 is 14.9. The number of hydrogen-bond acceptors (Lipinski definition) is 3. The molecule has 6 aromatic rings. The van der Waals surface area contributed by atoms with Gasteiger partial charge >= 0.3 is 0 Å². The highest BCUT2D eigenvalue weighted by molar-refractivity contribution is 6.22. The van der Waals surface area contributed by atoms with E-state index in [1.54, 1.807) is 0 Å². The third-order valence-electron chi connectivity index (χ3n) is 5.66. The van der Waals surface area contributed by atoms with Gasteiger partial charge in [0.25, 0.3) is 0 Å². The number of fused-ring (bicyclic) bond motifs is 7. The van der Waals surface area contributed by atoms with E-state index in [9.17, 15) is 0 Å². The summed E-state index contributed by atoms with van der Waals surface area (Å²) in [7, 11) is 0. The number of ether oxygens (including phenoxy) is 1. The summed E-state index contributed by atoms with van der Waals surface area (Å²) in [6.45, 7) is 0. The first-order valence-electron chi connectivity index (χ1n) is 9.57. The summed E-state index contributed by atoms with van der Waals surface area (Å²) in [5, 5.41) is 3.32. The summed E-state index contributed by atoms with van der Waals surface area (Å²) in [5.41, 5.74) is 5.63. The molecule has 0 atom stereocenters. The highest BCUT2D eigenvalue weighted by Gasteiger charge is 2.27. The van der Waals surface area contributed by atoms with E-state index in [1.165, 1.54) is 0 Å². The fourth-order valence-corrected chi connectivity index (χ4v) is 4.46. The zero-order valence-electron chi connectivity index (χ0n) is 15.3. The predicted molar refractivity (Wildman–Crippen MR) is 114 cm³/mol. The zero-order valence-corrected chi connectivity index (χ0v) is 15.3. The molecule has 0 N–H and O–H groups in total. The molecule has 7 rings (SSSR count). The van der Waals surface area contributed by atoms with Crippen LogP contribution in [0.4, 0.5) is 0 Å². The van der Waals surface area contributed by atoms with E-state index in [0.717, 1.165) is 61.4 Å². The van der Waals surface area contributed by atoms with Crippen LogP contribution in [-0.4, -0.2) is 9.55 Å². The quantitative estimate of drug-likeness (QED) is 0.321. The summed E-state index contributed by atoms with van der Waals surface area (Å²) in [5.74, 6) is 1.68. The second-order valence-corrected chi connectivity index (χ2v) is 7.24. The lowest BCUT2D eigenvalue weighted by atomic mass is 10.1. The van der Waals surface area contributed by atoms with Gasteiger partial charge in [-0.05, 0) is 36.4 Å². The number of para-hydroxylation sites is 4. The highest BCUT2D eigenvalue weighted by atomic mass is 16.5. The molecular formula is C25H14N2O2. The van der Waals surface area contributed by atoms with Crippen LogP contribution in [0.5, 0.6) is 11.5 Å². The van der Waals surface area contributed by atoms with Crippen molar-refractivity contribution < 1.29 is 9.15 Å². The van der Waals surface area contributed by atoms with Crippen LogP contribution in [0.1, 0.15) is 0 Å². The molecule has 0 fully saturated rings. The van der Waals surface area contributed by atoms with E-state index < -0.39 is 0 Å². The van der Waals surface area contributed by atoms with E-state index in [-0.39, 0.29) is 0 Å². The molecule has 0 amide bonds. The average molecular weight is 374 g/mol. The van der Waals surface area contributed by atoms with Gasteiger partial charge in [-0.1, -0.05) is 42.5 Å². The average Bonchev–Trinajstić information content (AvgIpc) is 3.31. The Labute approximate surface area is 165 Å². The van der Waals surface area contributed by atoms with Gasteiger partial charge < -0.3 is 9.15 Å². The van der Waals surface area contributed by atoms with Gasteiger partial charge in [0.2, 0.25) is 5.71 Å². The third-order valence-corrected chi connectivity index (χ3v) is 5.66. The Hall–Kier alpha value is -4.05. The van der Waals surface area contributed by atoms with Crippen molar-refractivity contribution in [2.45, 2.75) is 0 Å². The number of pyridine rings is 1. The fraction of sp³-hybridized carbons (Fsp3) is 0. The molecule has 0 radical (unpaired) electrons. The largest absolute Gasteiger partial charge is 0.453 e. The van der Waals surface area contributed by atoms with Gasteiger partial charge in [0.15, 0.2) is 11.5 Å². The standard InChI is InChI=1S/C25H14N2O2/c1-2-12-20-19(11-1)27-23-16(8-6-13-21(23)28-20)22-17-9-5-7-15(24(17)29-25(22)27)18-10-3-4-14-26-18/h1-14H. The van der Waals surface area contributed by atoms with Crippen molar-refractivity contribution in [3.05, 3.63) is 85.1 Å². The maximum Gasteiger partial charge on any atom is 0.214 e. The molecule has 1 aliphatic heterocycles. The highest BCUT2D eigenvalue weighted by Crippen LogP contribution is 2.48. The van der Waals surface area contributed by atoms with Crippen LogP contribution >= 0.6 is 0 Å². The lowest BCUT2D eigenvalue weighted by Gasteiger charge is -2.19. The van der Waals surface area contributed by atoms with Gasteiger partial charge in [-0.3, -0.25) is 9.55 Å². The van der Waals surface area contributed by atoms with Crippen molar-refractivity contribution in [3.63, 3.8) is 0 Å². The number of rotatable bonds is 1. The lowest BCUT2D eigenvalue weighted by molar-refractivity contribution is 0.474. The molecule has 1 aliphatic rings. The van der Waals surface area contributed by atoms with Crippen LogP contribution in [0.2, 0.25) is 0 Å². The van der Waals surface area contributed by atoms with E-state index in [4.69, 9.17) is 9.15 Å². The minimum atomic E-state index is 0.829. The maximum absolute atomic E-state index is 6.56. The Morgan fingerprint density at radius 2 is 1.55 bits per heavy atom. The second kappa shape index (κ2) is 5.26. The molecule has 29 heavy (non-hydrogen) atoms. The van der Waals surface area contributed by atoms with Crippen molar-refractivity contribution in [1.29, 1.82) is 0 Å². The van der Waals surface area contributed by atoms with Gasteiger partial charge in [-0.15, -0.1) is 0 Å². The van der Waals surface area contributed by atoms with Crippen LogP contribution in [0.3, 0.4) is 0 Å². The normalized spacial score (nSPS) is 12.4. The molecule has 4 heterocycles. The van der Waals surface area contributed by atoms with Gasteiger partial charge in [-0.2, -0.15) is 0 Å². The molecule has 0 aliphatic carbocycles. The molecule has 0 saturated heterocycles. The van der Waals surface area contributed by atoms with Crippen LogP contribution in [0.15, 0.2) is 89.5 Å². The smallest absolute Gasteiger partial charge is 0.214 e. The first-order chi connectivity index (χ1) is 14.4. The topological polar surface area (TPSA) is 40.2 Å². The summed E-state index contributed by atoms with van der Waals surface area (Å²) in [4.78, 5) is 4.53. The number of aromatic nitrogens is 2. The Morgan fingerprint density at radius 1 is 0.724 bits per heavy atom. The van der Waals surface area contributed by atoms with Crippen molar-refractivity contribution >= 4 is 33.0 Å². The molecule has 4 nitrogen and oxygen atoms in total. The molecule has 0 bridgehead atoms. The monoisotopic (exact) mass is 374 g/mol. The van der Waals surface area contributed by atoms with Gasteiger partial charge in [0.1, 0.15) is 5.58 Å². The van der Waals surface area contributed by atoms with Crippen LogP contribution in [-0.2, 0) is 0 Å². The van der Waals surface area contributed by atoms with Gasteiger partial charge in [0, 0.05) is 22.5 Å². The Balaban J connectivity index is 1.69. The Kier molecular flexibility index (Phi) is 2.71. The van der Waals surface area contributed by atoms with E-state index in [1.807, 2.05) is 54.7 Å². The van der Waals surface area contributed by atoms with E-state index in [0.29, 0.717) is 0 Å². The summed E-state index contributed by atoms with van der Waals surface area (Å²) >= 11 is 0. The molecule has 0 saturated carbocycles. The van der Waals surface area contributed by atoms with E-state index >= 15 is 0 Å². The molecule has 3 aromatic carbocycles. The summed E-state index contributed by atoms with van der Waals surface area (Å²) in [6, 6.07) is 26.4. The molecule has 4 heteroatoms. The minimum Gasteiger partial charge on any atom is -0.453 e. The van der Waals surface area contributed by atoms with Crippen LogP contribution in [0, 0.1) is 0 Å². The SMILES string of the molecule is c1ccc(-c2cccc3c2oc2c3c3cccc4c3n2-c2ccccc2O4)nc1. The maximum atomic E-state index is 6.56. The second-order valence-electron chi connectivity index (χ2n) is 7.24. The first-order valence-corrected chi connectivity index (χ1v) is 9.57. The zero-order chi connectivity index (χ0) is 18.9. The van der Waals surface area contributed by atoms with Crippen molar-refractivity contribution in [2.75, 3.05) is 0 Å². The van der Waals surface area contributed by atoms with Crippen molar-refractivity contribution in [3.8, 4) is 28.4 Å². The molecular weight excluding hydrogens is 360 g/mol. The molecule has 0 unspecified atom stereocenters. The number of hydrogen-bond donors (Lipinski definition) is 0. The van der Waals surface area contributed by atoms with E-state index in [2.05, 4.69) is 39.9 Å². The fourth-order valence-electron chi connectivity index (χ4n) is 4.46. The predicted octanol–water partition coefficient (Wildman–Crippen LogP) is 6.70. The van der Waals surface area contributed by atoms with Crippen LogP contribution < -0.4 is 4.74 Å². The van der Waals surface area contributed by atoms with Gasteiger partial charge in [0.05, 0.1) is 22.3 Å². The van der Waals surface area contributed by atoms with Crippen molar-refractivity contribution in [1.82, 2.24) is 9.55 Å². The number of benzene rings is 3. The summed E-state index contributed by atoms with van der Waals surface area (Å²) in [6.07, 6.45) is 1.81. The van der Waals surface area contributed by atoms with Crippen molar-refractivity contribution in [2.24, 2.45) is 0 Å². The lowest BCUT2D eigenvalue weighted by Crippen LogP contribution is -2.03. The van der Waals surface area contributed by atoms with Gasteiger partial charge in [-0.25, -0.2) is 0 Å². The Morgan fingerprint density at radius 3 is 2.48 bits per heavy atom. The molecule has 0 spiro atoms. The Bertz CT molecular complexity index is 1580. The number of furan rings is 1. The molecule has 136 valence electrons. The number of nitrogens with zero attached hydrogens (tertiary/aromatic N) is 2. The van der Waals surface area contributed by atoms with Crippen LogP contribution in [0.25, 0.3) is 49.9 Å².